The van der Waals surface area contributed by atoms with E-state index in [1.165, 1.54) is 10.4 Å². The topological polar surface area (TPSA) is 79.7 Å². The van der Waals surface area contributed by atoms with E-state index in [0.717, 1.165) is 22.3 Å². The Morgan fingerprint density at radius 2 is 1.94 bits per heavy atom. The lowest BCUT2D eigenvalue weighted by Gasteiger charge is -2.34. The number of hydrogen-bond donors (Lipinski definition) is 1. The number of fused-ring (bicyclic) bond motifs is 1. The molecular formula is C25H32N6OS. The number of thiophene rings is 1. The highest BCUT2D eigenvalue weighted by atomic mass is 32.1. The largest absolute Gasteiger partial charge is 0.322 e. The van der Waals surface area contributed by atoms with Gasteiger partial charge in [0.15, 0.2) is 5.82 Å². The summed E-state index contributed by atoms with van der Waals surface area (Å²) in [7, 11) is 0. The van der Waals surface area contributed by atoms with Crippen molar-refractivity contribution in [1.82, 2.24) is 30.1 Å². The van der Waals surface area contributed by atoms with Gasteiger partial charge in [0.1, 0.15) is 0 Å². The predicted octanol–water partition coefficient (Wildman–Crippen LogP) is 5.04. The molecule has 7 nitrogen and oxygen atoms in total. The second kappa shape index (κ2) is 9.19. The standard InChI is InChI=1S/C25H32N6OS/c1-16(2)22(23-27-28-29-31(23)25(4,5)6)30(15-20-8-7-11-33-20)14-19-13-18-12-17(3)9-10-21(18)26-24(19)32/h7-13,16,22H,14-15H2,1-6H3,(H,26,32)/t22-/m1/s1. The van der Waals surface area contributed by atoms with Gasteiger partial charge in [0, 0.05) is 29.0 Å². The Morgan fingerprint density at radius 1 is 1.15 bits per heavy atom. The molecule has 3 heterocycles. The molecule has 0 spiro atoms. The number of rotatable bonds is 7. The first-order valence-corrected chi connectivity index (χ1v) is 12.2. The fourth-order valence-corrected chi connectivity index (χ4v) is 5.03. The van der Waals surface area contributed by atoms with Crippen molar-refractivity contribution in [2.75, 3.05) is 0 Å². The fraction of sp³-hybridized carbons (Fsp3) is 0.440. The molecule has 4 rings (SSSR count). The van der Waals surface area contributed by atoms with E-state index in [1.807, 2.05) is 22.9 Å². The van der Waals surface area contributed by atoms with Crippen LogP contribution in [0.1, 0.15) is 62.5 Å². The summed E-state index contributed by atoms with van der Waals surface area (Å²) < 4.78 is 1.91. The normalized spacial score (nSPS) is 13.3. The van der Waals surface area contributed by atoms with E-state index in [1.54, 1.807) is 11.3 Å². The van der Waals surface area contributed by atoms with Crippen LogP contribution < -0.4 is 5.56 Å². The SMILES string of the molecule is Cc1ccc2[nH]c(=O)c(CN(Cc3cccs3)[C@@H](c3nnnn3C(C)(C)C)C(C)C)cc2c1. The van der Waals surface area contributed by atoms with Crippen molar-refractivity contribution in [3.8, 4) is 0 Å². The first-order valence-electron chi connectivity index (χ1n) is 11.3. The zero-order chi connectivity index (χ0) is 23.8. The molecule has 0 saturated heterocycles. The number of aromatic nitrogens is 5. The Hall–Kier alpha value is -2.84. The molecule has 1 N–H and O–H groups in total. The van der Waals surface area contributed by atoms with Gasteiger partial charge in [0.25, 0.3) is 5.56 Å². The van der Waals surface area contributed by atoms with Crippen molar-refractivity contribution in [2.24, 2.45) is 5.92 Å². The van der Waals surface area contributed by atoms with E-state index in [2.05, 4.69) is 90.5 Å². The monoisotopic (exact) mass is 464 g/mol. The molecule has 0 aliphatic carbocycles. The number of H-pyrrole nitrogens is 1. The van der Waals surface area contributed by atoms with Crippen LogP contribution in [-0.4, -0.2) is 30.1 Å². The third-order valence-electron chi connectivity index (χ3n) is 5.81. The van der Waals surface area contributed by atoms with Gasteiger partial charge in [-0.1, -0.05) is 31.5 Å². The highest BCUT2D eigenvalue weighted by Crippen LogP contribution is 2.32. The van der Waals surface area contributed by atoms with Crippen molar-refractivity contribution in [3.05, 3.63) is 74.0 Å². The maximum atomic E-state index is 13.0. The number of benzene rings is 1. The number of nitrogens with one attached hydrogen (secondary N) is 1. The molecule has 0 aliphatic heterocycles. The van der Waals surface area contributed by atoms with Gasteiger partial charge in [-0.2, -0.15) is 0 Å². The van der Waals surface area contributed by atoms with Crippen LogP contribution in [0.5, 0.6) is 0 Å². The first-order chi connectivity index (χ1) is 15.6. The molecule has 1 atom stereocenters. The molecule has 3 aromatic heterocycles. The van der Waals surface area contributed by atoms with Crippen LogP contribution in [0, 0.1) is 12.8 Å². The van der Waals surface area contributed by atoms with Crippen molar-refractivity contribution in [3.63, 3.8) is 0 Å². The fourth-order valence-electron chi connectivity index (χ4n) is 4.30. The molecule has 174 valence electrons. The molecule has 0 unspecified atom stereocenters. The second-order valence-corrected chi connectivity index (χ2v) is 11.0. The molecule has 0 bridgehead atoms. The summed E-state index contributed by atoms with van der Waals surface area (Å²) in [5.41, 5.74) is 2.46. The number of aryl methyl sites for hydroxylation is 1. The van der Waals surface area contributed by atoms with Gasteiger partial charge in [-0.15, -0.1) is 16.4 Å². The van der Waals surface area contributed by atoms with Crippen LogP contribution in [0.3, 0.4) is 0 Å². The minimum Gasteiger partial charge on any atom is -0.322 e. The zero-order valence-electron chi connectivity index (χ0n) is 20.2. The number of tetrazole rings is 1. The Morgan fingerprint density at radius 3 is 2.61 bits per heavy atom. The van der Waals surface area contributed by atoms with Crippen LogP contribution in [0.25, 0.3) is 10.9 Å². The molecule has 0 aliphatic rings. The smallest absolute Gasteiger partial charge is 0.252 e. The number of hydrogen-bond acceptors (Lipinski definition) is 6. The summed E-state index contributed by atoms with van der Waals surface area (Å²) in [5.74, 6) is 1.06. The molecular weight excluding hydrogens is 432 g/mol. The van der Waals surface area contributed by atoms with Crippen LogP contribution in [-0.2, 0) is 18.6 Å². The van der Waals surface area contributed by atoms with Gasteiger partial charge in [0.05, 0.1) is 11.6 Å². The van der Waals surface area contributed by atoms with E-state index >= 15 is 0 Å². The Bertz CT molecular complexity index is 1280. The Labute approximate surface area is 198 Å². The predicted molar refractivity (Wildman–Crippen MR) is 133 cm³/mol. The number of nitrogens with zero attached hydrogens (tertiary/aromatic N) is 5. The van der Waals surface area contributed by atoms with Gasteiger partial charge < -0.3 is 4.98 Å². The van der Waals surface area contributed by atoms with Gasteiger partial charge in [0.2, 0.25) is 0 Å². The average Bonchev–Trinajstić information content (AvgIpc) is 3.40. The maximum Gasteiger partial charge on any atom is 0.252 e. The van der Waals surface area contributed by atoms with E-state index in [0.29, 0.717) is 13.1 Å². The lowest BCUT2D eigenvalue weighted by Crippen LogP contribution is -2.37. The molecule has 8 heteroatoms. The van der Waals surface area contributed by atoms with Gasteiger partial charge in [-0.3, -0.25) is 9.69 Å². The minimum absolute atomic E-state index is 0.0551. The highest BCUT2D eigenvalue weighted by molar-refractivity contribution is 7.09. The van der Waals surface area contributed by atoms with Crippen molar-refractivity contribution < 1.29 is 0 Å². The summed E-state index contributed by atoms with van der Waals surface area (Å²) in [6.45, 7) is 13.9. The van der Waals surface area contributed by atoms with Gasteiger partial charge >= 0.3 is 0 Å². The van der Waals surface area contributed by atoms with E-state index < -0.39 is 0 Å². The van der Waals surface area contributed by atoms with Crippen LogP contribution >= 0.6 is 11.3 Å². The molecule has 33 heavy (non-hydrogen) atoms. The number of aromatic amines is 1. The summed E-state index contributed by atoms with van der Waals surface area (Å²) in [5, 5.41) is 15.9. The molecule has 1 aromatic carbocycles. The van der Waals surface area contributed by atoms with E-state index in [9.17, 15) is 4.79 Å². The summed E-state index contributed by atoms with van der Waals surface area (Å²) >= 11 is 1.72. The lowest BCUT2D eigenvalue weighted by atomic mass is 9.99. The molecule has 0 amide bonds. The maximum absolute atomic E-state index is 13.0. The third-order valence-corrected chi connectivity index (χ3v) is 6.67. The Balaban J connectivity index is 1.79. The quantitative estimate of drug-likeness (QED) is 0.414. The number of pyridine rings is 1. The molecule has 0 radical (unpaired) electrons. The molecule has 0 fully saturated rings. The molecule has 0 saturated carbocycles. The lowest BCUT2D eigenvalue weighted by molar-refractivity contribution is 0.121. The van der Waals surface area contributed by atoms with Crippen LogP contribution in [0.4, 0.5) is 0 Å². The summed E-state index contributed by atoms with van der Waals surface area (Å²) in [4.78, 5) is 19.7. The van der Waals surface area contributed by atoms with Crippen LogP contribution in [0.15, 0.2) is 46.6 Å². The molecule has 4 aromatic rings. The van der Waals surface area contributed by atoms with Crippen molar-refractivity contribution in [1.29, 1.82) is 0 Å². The first kappa shape index (κ1) is 23.3. The van der Waals surface area contributed by atoms with Gasteiger partial charge in [-0.25, -0.2) is 4.68 Å². The summed E-state index contributed by atoms with van der Waals surface area (Å²) in [6, 6.07) is 12.2. The van der Waals surface area contributed by atoms with Gasteiger partial charge in [-0.05, 0) is 79.1 Å². The van der Waals surface area contributed by atoms with E-state index in [-0.39, 0.29) is 23.1 Å². The Kier molecular flexibility index (Phi) is 6.50. The van der Waals surface area contributed by atoms with Crippen LogP contribution in [0.2, 0.25) is 0 Å². The minimum atomic E-state index is -0.251. The summed E-state index contributed by atoms with van der Waals surface area (Å²) in [6.07, 6.45) is 0. The average molecular weight is 465 g/mol. The highest BCUT2D eigenvalue weighted by Gasteiger charge is 2.33. The van der Waals surface area contributed by atoms with Crippen molar-refractivity contribution in [2.45, 2.75) is 66.2 Å². The van der Waals surface area contributed by atoms with Crippen molar-refractivity contribution >= 4 is 22.2 Å². The third kappa shape index (κ3) is 5.07. The second-order valence-electron chi connectivity index (χ2n) is 10.0. The zero-order valence-corrected chi connectivity index (χ0v) is 21.0. The van der Waals surface area contributed by atoms with E-state index in [4.69, 9.17) is 0 Å².